The lowest BCUT2D eigenvalue weighted by atomic mass is 10.2. The van der Waals surface area contributed by atoms with Crippen LogP contribution >= 0.6 is 11.3 Å². The lowest BCUT2D eigenvalue weighted by molar-refractivity contribution is -0.123. The molecule has 0 fully saturated rings. The fourth-order valence-corrected chi connectivity index (χ4v) is 5.09. The van der Waals surface area contributed by atoms with Crippen molar-refractivity contribution in [2.75, 3.05) is 17.7 Å². The van der Waals surface area contributed by atoms with Gasteiger partial charge in [0.05, 0.1) is 39.9 Å². The zero-order valence-corrected chi connectivity index (χ0v) is 22.6. The third kappa shape index (κ3) is 6.10. The molecule has 11 heteroatoms. The Balaban J connectivity index is 1.25. The average Bonchev–Trinajstić information content (AvgIpc) is 3.58. The van der Waals surface area contributed by atoms with Crippen molar-refractivity contribution in [3.63, 3.8) is 0 Å². The highest BCUT2D eigenvalue weighted by molar-refractivity contribution is 7.22. The molecule has 0 aliphatic carbocycles. The number of anilines is 2. The number of ether oxygens (including phenoxy) is 2. The highest BCUT2D eigenvalue weighted by Gasteiger charge is 2.16. The number of imidazole rings is 1. The highest BCUT2D eigenvalue weighted by atomic mass is 32.1. The number of fused-ring (bicyclic) bond motifs is 1. The fraction of sp³-hybridized carbons (Fsp3) is 0.172. The third-order valence-corrected chi connectivity index (χ3v) is 7.04. The summed E-state index contributed by atoms with van der Waals surface area (Å²) < 4.78 is 28.9. The summed E-state index contributed by atoms with van der Waals surface area (Å²) >= 11 is 1.46. The van der Waals surface area contributed by atoms with Gasteiger partial charge in [0.1, 0.15) is 17.9 Å². The maximum absolute atomic E-state index is 15.0. The van der Waals surface area contributed by atoms with Crippen LogP contribution in [0.5, 0.6) is 17.2 Å². The number of methoxy groups -OCH3 is 1. The number of benzene rings is 2. The quantitative estimate of drug-likeness (QED) is 0.190. The summed E-state index contributed by atoms with van der Waals surface area (Å²) in [7, 11) is 1.48. The van der Waals surface area contributed by atoms with E-state index in [-0.39, 0.29) is 11.4 Å². The standard InChI is InChI=1S/C29H26FN5O4S/c1-3-12-35-16-22(32-17-35)26-14-21-29(40-26)25(10-11-31-21)39-23-9-8-18(13-19(23)30)33-27(36)15-28(37)34-20-6-4-5-7-24(20)38-2/h4-11,13-14,16-17H,3,12,15H2,1-2H3,(H,33,36)(H,34,37). The fourth-order valence-electron chi connectivity index (χ4n) is 4.06. The van der Waals surface area contributed by atoms with Crippen molar-refractivity contribution < 1.29 is 23.5 Å². The number of amides is 2. The molecule has 9 nitrogen and oxygen atoms in total. The van der Waals surface area contributed by atoms with Gasteiger partial charge < -0.3 is 24.7 Å². The molecule has 3 aromatic heterocycles. The Bertz CT molecular complexity index is 1680. The Hall–Kier alpha value is -4.77. The predicted octanol–water partition coefficient (Wildman–Crippen LogP) is 6.48. The SMILES string of the molecule is CCCn1cnc(-c2cc3nccc(Oc4ccc(NC(=O)CC(=O)Nc5ccccc5OC)cc4F)c3s2)c1. The summed E-state index contributed by atoms with van der Waals surface area (Å²) in [5.74, 6) is -0.877. The van der Waals surface area contributed by atoms with Gasteiger partial charge in [0, 0.05) is 36.8 Å². The molecule has 0 atom stereocenters. The van der Waals surface area contributed by atoms with Gasteiger partial charge in [-0.15, -0.1) is 11.3 Å². The highest BCUT2D eigenvalue weighted by Crippen LogP contribution is 2.39. The van der Waals surface area contributed by atoms with E-state index in [1.54, 1.807) is 42.9 Å². The molecule has 2 amide bonds. The van der Waals surface area contributed by atoms with Gasteiger partial charge in [-0.2, -0.15) is 0 Å². The zero-order chi connectivity index (χ0) is 28.1. The number of carbonyl (C=O) groups excluding carboxylic acids is 2. The second-order valence-corrected chi connectivity index (χ2v) is 9.90. The molecule has 0 bridgehead atoms. The Labute approximate surface area is 233 Å². The van der Waals surface area contributed by atoms with Crippen LogP contribution in [0.2, 0.25) is 0 Å². The van der Waals surface area contributed by atoms with Crippen LogP contribution in [-0.2, 0) is 16.1 Å². The topological polar surface area (TPSA) is 107 Å². The Morgan fingerprint density at radius 3 is 2.62 bits per heavy atom. The molecular weight excluding hydrogens is 533 g/mol. The number of aromatic nitrogens is 3. The number of rotatable bonds is 10. The van der Waals surface area contributed by atoms with Crippen LogP contribution in [0.4, 0.5) is 15.8 Å². The largest absolute Gasteiger partial charge is 0.495 e. The summed E-state index contributed by atoms with van der Waals surface area (Å²) in [6.07, 6.45) is 5.95. The molecule has 0 aliphatic rings. The molecule has 0 saturated heterocycles. The molecule has 0 radical (unpaired) electrons. The first kappa shape index (κ1) is 26.8. The number of hydrogen-bond donors (Lipinski definition) is 2. The molecule has 3 heterocycles. The lowest BCUT2D eigenvalue weighted by Crippen LogP contribution is -2.21. The Morgan fingerprint density at radius 2 is 1.82 bits per heavy atom. The van der Waals surface area contributed by atoms with E-state index < -0.39 is 24.1 Å². The number of nitrogens with zero attached hydrogens (tertiary/aromatic N) is 3. The minimum absolute atomic E-state index is 0.0124. The number of hydrogen-bond acceptors (Lipinski definition) is 7. The summed E-state index contributed by atoms with van der Waals surface area (Å²) in [5.41, 5.74) is 2.20. The van der Waals surface area contributed by atoms with Gasteiger partial charge in [0.25, 0.3) is 0 Å². The summed E-state index contributed by atoms with van der Waals surface area (Å²) in [5, 5.41) is 5.17. The van der Waals surface area contributed by atoms with Crippen LogP contribution in [0.15, 0.2) is 73.3 Å². The second kappa shape index (κ2) is 12.0. The van der Waals surface area contributed by atoms with Gasteiger partial charge in [-0.1, -0.05) is 19.1 Å². The Kier molecular flexibility index (Phi) is 8.02. The lowest BCUT2D eigenvalue weighted by Gasteiger charge is -2.11. The van der Waals surface area contributed by atoms with Gasteiger partial charge in [0.15, 0.2) is 11.6 Å². The monoisotopic (exact) mass is 559 g/mol. The van der Waals surface area contributed by atoms with Gasteiger partial charge in [-0.05, 0) is 36.8 Å². The van der Waals surface area contributed by atoms with Crippen LogP contribution in [-0.4, -0.2) is 33.5 Å². The van der Waals surface area contributed by atoms with Crippen molar-refractivity contribution in [2.24, 2.45) is 0 Å². The van der Waals surface area contributed by atoms with Crippen LogP contribution < -0.4 is 20.1 Å². The summed E-state index contributed by atoms with van der Waals surface area (Å²) in [6, 6.07) is 14.5. The average molecular weight is 560 g/mol. The Morgan fingerprint density at radius 1 is 1.00 bits per heavy atom. The van der Waals surface area contributed by atoms with E-state index >= 15 is 0 Å². The van der Waals surface area contributed by atoms with Crippen molar-refractivity contribution in [3.05, 3.63) is 79.1 Å². The predicted molar refractivity (Wildman–Crippen MR) is 152 cm³/mol. The summed E-state index contributed by atoms with van der Waals surface area (Å²) in [4.78, 5) is 34.5. The maximum Gasteiger partial charge on any atom is 0.233 e. The molecule has 5 aromatic rings. The molecule has 2 N–H and O–H groups in total. The van der Waals surface area contributed by atoms with E-state index in [2.05, 4.69) is 27.5 Å². The van der Waals surface area contributed by atoms with Gasteiger partial charge >= 0.3 is 0 Å². The van der Waals surface area contributed by atoms with Crippen molar-refractivity contribution in [1.82, 2.24) is 14.5 Å². The molecule has 2 aromatic carbocycles. The van der Waals surface area contributed by atoms with E-state index in [1.165, 1.54) is 30.6 Å². The van der Waals surface area contributed by atoms with Crippen molar-refractivity contribution >= 4 is 44.7 Å². The number of carbonyl (C=O) groups is 2. The van der Waals surface area contributed by atoms with Crippen LogP contribution in [0, 0.1) is 5.82 Å². The van der Waals surface area contributed by atoms with Crippen molar-refractivity contribution in [2.45, 2.75) is 26.3 Å². The number of nitrogens with one attached hydrogen (secondary N) is 2. The minimum atomic E-state index is -0.670. The van der Waals surface area contributed by atoms with Crippen molar-refractivity contribution in [3.8, 4) is 27.8 Å². The van der Waals surface area contributed by atoms with Gasteiger partial charge in [-0.25, -0.2) is 9.37 Å². The van der Waals surface area contributed by atoms with E-state index in [1.807, 2.05) is 16.8 Å². The van der Waals surface area contributed by atoms with Crippen molar-refractivity contribution in [1.29, 1.82) is 0 Å². The molecule has 204 valence electrons. The smallest absolute Gasteiger partial charge is 0.233 e. The van der Waals surface area contributed by atoms with Crippen LogP contribution in [0.1, 0.15) is 19.8 Å². The van der Waals surface area contributed by atoms with E-state index in [0.29, 0.717) is 17.2 Å². The number of halogens is 1. The van der Waals surface area contributed by atoms with Crippen LogP contribution in [0.3, 0.4) is 0 Å². The first-order chi connectivity index (χ1) is 19.4. The first-order valence-corrected chi connectivity index (χ1v) is 13.4. The molecule has 0 saturated carbocycles. The molecule has 0 unspecified atom stereocenters. The van der Waals surface area contributed by atoms with Gasteiger partial charge in [0.2, 0.25) is 11.8 Å². The molecule has 40 heavy (non-hydrogen) atoms. The number of thiophene rings is 1. The van der Waals surface area contributed by atoms with E-state index in [4.69, 9.17) is 9.47 Å². The number of aryl methyl sites for hydroxylation is 1. The molecule has 5 rings (SSSR count). The normalized spacial score (nSPS) is 10.9. The molecule has 0 spiro atoms. The zero-order valence-electron chi connectivity index (χ0n) is 21.8. The second-order valence-electron chi connectivity index (χ2n) is 8.85. The molecular formula is C29H26FN5O4S. The first-order valence-electron chi connectivity index (χ1n) is 12.5. The maximum atomic E-state index is 15.0. The summed E-state index contributed by atoms with van der Waals surface area (Å²) in [6.45, 7) is 2.99. The third-order valence-electron chi connectivity index (χ3n) is 5.88. The number of pyridine rings is 1. The van der Waals surface area contributed by atoms with E-state index in [9.17, 15) is 14.0 Å². The number of para-hydroxylation sites is 2. The van der Waals surface area contributed by atoms with E-state index in [0.717, 1.165) is 39.8 Å². The van der Waals surface area contributed by atoms with Crippen LogP contribution in [0.25, 0.3) is 20.8 Å². The molecule has 0 aliphatic heterocycles. The van der Waals surface area contributed by atoms with Gasteiger partial charge in [-0.3, -0.25) is 14.6 Å². The minimum Gasteiger partial charge on any atom is -0.495 e.